The van der Waals surface area contributed by atoms with Gasteiger partial charge in [-0.15, -0.1) is 0 Å². The van der Waals surface area contributed by atoms with E-state index in [0.29, 0.717) is 18.4 Å². The summed E-state index contributed by atoms with van der Waals surface area (Å²) >= 11 is 0. The lowest BCUT2D eigenvalue weighted by atomic mass is 9.87. The fraction of sp³-hybridized carbons (Fsp3) is 0.562. The zero-order valence-electron chi connectivity index (χ0n) is 11.5. The molecule has 1 saturated carbocycles. The van der Waals surface area contributed by atoms with Gasteiger partial charge in [-0.05, 0) is 36.8 Å². The molecule has 2 fully saturated rings. The van der Waals surface area contributed by atoms with Crippen molar-refractivity contribution in [2.24, 2.45) is 5.73 Å². The predicted molar refractivity (Wildman–Crippen MR) is 75.6 cm³/mol. The number of hydrogen-bond donors (Lipinski definition) is 1. The minimum atomic E-state index is 0.0750. The molecule has 2 unspecified atom stereocenters. The minimum Gasteiger partial charge on any atom is -0.331 e. The van der Waals surface area contributed by atoms with Crippen LogP contribution in [0.5, 0.6) is 0 Å². The number of benzene rings is 1. The molecule has 19 heavy (non-hydrogen) atoms. The summed E-state index contributed by atoms with van der Waals surface area (Å²) in [6.45, 7) is 2.16. The largest absolute Gasteiger partial charge is 0.331 e. The highest BCUT2D eigenvalue weighted by atomic mass is 16.2. The highest BCUT2D eigenvalue weighted by molar-refractivity contribution is 5.78. The van der Waals surface area contributed by atoms with Crippen LogP contribution in [0.4, 0.5) is 0 Å². The van der Waals surface area contributed by atoms with Gasteiger partial charge in [0.25, 0.3) is 0 Å². The van der Waals surface area contributed by atoms with Crippen molar-refractivity contribution in [3.63, 3.8) is 0 Å². The number of piperidine rings is 1. The van der Waals surface area contributed by atoms with Crippen molar-refractivity contribution in [1.29, 1.82) is 0 Å². The Bertz CT molecular complexity index is 481. The fourth-order valence-corrected chi connectivity index (χ4v) is 3.25. The fourth-order valence-electron chi connectivity index (χ4n) is 3.25. The van der Waals surface area contributed by atoms with Crippen molar-refractivity contribution < 1.29 is 4.79 Å². The van der Waals surface area contributed by atoms with Gasteiger partial charge in [-0.2, -0.15) is 0 Å². The molecular formula is C16H22N2O. The van der Waals surface area contributed by atoms with Crippen molar-refractivity contribution in [1.82, 2.24) is 4.90 Å². The average molecular weight is 258 g/mol. The third-order valence-corrected chi connectivity index (χ3v) is 4.38. The normalized spacial score (nSPS) is 27.7. The van der Waals surface area contributed by atoms with Crippen molar-refractivity contribution in [2.45, 2.75) is 57.2 Å². The number of amides is 1. The number of aryl methyl sites for hydroxylation is 1. The van der Waals surface area contributed by atoms with Gasteiger partial charge in [0.2, 0.25) is 5.91 Å². The molecule has 3 heteroatoms. The third kappa shape index (κ3) is 2.27. The first kappa shape index (κ1) is 12.7. The maximum atomic E-state index is 12.3. The van der Waals surface area contributed by atoms with E-state index in [0.717, 1.165) is 25.7 Å². The van der Waals surface area contributed by atoms with E-state index < -0.39 is 0 Å². The Labute approximate surface area is 114 Å². The molecule has 1 aliphatic heterocycles. The number of carbonyl (C=O) groups excluding carboxylic acids is 1. The molecule has 0 aromatic heterocycles. The molecule has 2 N–H and O–H groups in total. The molecule has 1 amide bonds. The van der Waals surface area contributed by atoms with E-state index in [-0.39, 0.29) is 12.1 Å². The zero-order valence-corrected chi connectivity index (χ0v) is 11.5. The summed E-state index contributed by atoms with van der Waals surface area (Å²) in [7, 11) is 0. The van der Waals surface area contributed by atoms with E-state index in [1.54, 1.807) is 0 Å². The maximum absolute atomic E-state index is 12.3. The van der Waals surface area contributed by atoms with Crippen LogP contribution < -0.4 is 5.73 Å². The van der Waals surface area contributed by atoms with Gasteiger partial charge in [-0.1, -0.05) is 31.2 Å². The Hall–Kier alpha value is -1.35. The topological polar surface area (TPSA) is 46.3 Å². The number of nitrogens with two attached hydrogens (primary N) is 1. The molecule has 0 bridgehead atoms. The Morgan fingerprint density at radius 2 is 2.00 bits per heavy atom. The Morgan fingerprint density at radius 3 is 2.68 bits per heavy atom. The smallest absolute Gasteiger partial charge is 0.223 e. The van der Waals surface area contributed by atoms with Gasteiger partial charge in [-0.25, -0.2) is 0 Å². The van der Waals surface area contributed by atoms with Crippen LogP contribution in [0, 0.1) is 0 Å². The first-order chi connectivity index (χ1) is 9.22. The van der Waals surface area contributed by atoms with Crippen LogP contribution in [0.1, 0.15) is 49.8 Å². The molecule has 3 rings (SSSR count). The average Bonchev–Trinajstić information content (AvgIpc) is 3.25. The van der Waals surface area contributed by atoms with Gasteiger partial charge in [0, 0.05) is 18.5 Å². The second-order valence-electron chi connectivity index (χ2n) is 5.73. The molecular weight excluding hydrogens is 236 g/mol. The minimum absolute atomic E-state index is 0.0750. The van der Waals surface area contributed by atoms with Crippen LogP contribution in [-0.2, 0) is 11.2 Å². The van der Waals surface area contributed by atoms with E-state index in [4.69, 9.17) is 5.73 Å². The van der Waals surface area contributed by atoms with Crippen molar-refractivity contribution in [3.8, 4) is 0 Å². The molecule has 0 spiro atoms. The summed E-state index contributed by atoms with van der Waals surface area (Å²) in [4.78, 5) is 14.4. The monoisotopic (exact) mass is 258 g/mol. The first-order valence-corrected chi connectivity index (χ1v) is 7.37. The van der Waals surface area contributed by atoms with E-state index in [2.05, 4.69) is 36.1 Å². The summed E-state index contributed by atoms with van der Waals surface area (Å²) in [6.07, 6.45) is 4.70. The second kappa shape index (κ2) is 4.97. The summed E-state index contributed by atoms with van der Waals surface area (Å²) in [5.74, 6) is 0.292. The number of likely N-dealkylation sites (tertiary alicyclic amines) is 1. The Balaban J connectivity index is 2.00. The van der Waals surface area contributed by atoms with Crippen molar-refractivity contribution in [3.05, 3.63) is 35.4 Å². The van der Waals surface area contributed by atoms with E-state index >= 15 is 0 Å². The van der Waals surface area contributed by atoms with Gasteiger partial charge < -0.3 is 10.6 Å². The summed E-state index contributed by atoms with van der Waals surface area (Å²) < 4.78 is 0. The lowest BCUT2D eigenvalue weighted by Crippen LogP contribution is -2.50. The lowest BCUT2D eigenvalue weighted by molar-refractivity contribution is -0.138. The van der Waals surface area contributed by atoms with E-state index in [1.165, 1.54) is 11.1 Å². The Morgan fingerprint density at radius 1 is 1.26 bits per heavy atom. The standard InChI is InChI=1S/C16H22N2O/c1-2-11-5-3-4-6-13(11)16-14(17)9-10-15(19)18(16)12-7-8-12/h3-6,12,14,16H,2,7-10,17H2,1H3. The van der Waals surface area contributed by atoms with Crippen molar-refractivity contribution >= 4 is 5.91 Å². The van der Waals surface area contributed by atoms with Gasteiger partial charge in [0.05, 0.1) is 6.04 Å². The van der Waals surface area contributed by atoms with Gasteiger partial charge >= 0.3 is 0 Å². The third-order valence-electron chi connectivity index (χ3n) is 4.38. The van der Waals surface area contributed by atoms with Crippen LogP contribution in [-0.4, -0.2) is 22.9 Å². The number of carbonyl (C=O) groups is 1. The molecule has 2 aliphatic rings. The van der Waals surface area contributed by atoms with E-state index in [9.17, 15) is 4.79 Å². The number of rotatable bonds is 3. The molecule has 102 valence electrons. The highest BCUT2D eigenvalue weighted by Gasteiger charge is 2.43. The molecule has 3 nitrogen and oxygen atoms in total. The van der Waals surface area contributed by atoms with Gasteiger partial charge in [-0.3, -0.25) is 4.79 Å². The quantitative estimate of drug-likeness (QED) is 0.905. The van der Waals surface area contributed by atoms with Crippen LogP contribution in [0.25, 0.3) is 0 Å². The second-order valence-corrected chi connectivity index (χ2v) is 5.73. The first-order valence-electron chi connectivity index (χ1n) is 7.37. The molecule has 1 aromatic rings. The van der Waals surface area contributed by atoms with Gasteiger partial charge in [0.1, 0.15) is 0 Å². The van der Waals surface area contributed by atoms with Crippen molar-refractivity contribution in [2.75, 3.05) is 0 Å². The highest BCUT2D eigenvalue weighted by Crippen LogP contribution is 2.40. The number of hydrogen-bond acceptors (Lipinski definition) is 2. The lowest BCUT2D eigenvalue weighted by Gasteiger charge is -2.41. The van der Waals surface area contributed by atoms with Crippen LogP contribution in [0.2, 0.25) is 0 Å². The van der Waals surface area contributed by atoms with Gasteiger partial charge in [0.15, 0.2) is 0 Å². The summed E-state index contributed by atoms with van der Waals surface area (Å²) in [5, 5.41) is 0. The molecule has 0 radical (unpaired) electrons. The van der Waals surface area contributed by atoms with E-state index in [1.807, 2.05) is 0 Å². The molecule has 1 aromatic carbocycles. The molecule has 1 heterocycles. The summed E-state index contributed by atoms with van der Waals surface area (Å²) in [6, 6.07) is 9.04. The molecule has 1 saturated heterocycles. The predicted octanol–water partition coefficient (Wildman–Crippen LogP) is 2.40. The zero-order chi connectivity index (χ0) is 13.4. The summed E-state index contributed by atoms with van der Waals surface area (Å²) in [5.41, 5.74) is 8.94. The van der Waals surface area contributed by atoms with Crippen LogP contribution in [0.3, 0.4) is 0 Å². The number of nitrogens with zero attached hydrogens (tertiary/aromatic N) is 1. The SMILES string of the molecule is CCc1ccccc1C1C(N)CCC(=O)N1C1CC1. The molecule has 2 atom stereocenters. The Kier molecular flexibility index (Phi) is 3.31. The maximum Gasteiger partial charge on any atom is 0.223 e. The molecule has 1 aliphatic carbocycles. The van der Waals surface area contributed by atoms with Crippen LogP contribution in [0.15, 0.2) is 24.3 Å². The van der Waals surface area contributed by atoms with Crippen LogP contribution >= 0.6 is 0 Å².